The molecule has 5 heteroatoms. The number of carboxylic acids is 1. The largest absolute Gasteiger partial charge is 0.478 e. The number of nitrogens with zero attached hydrogens (tertiary/aromatic N) is 1. The van der Waals surface area contributed by atoms with Gasteiger partial charge in [-0.2, -0.15) is 0 Å². The number of hydrogen-bond donors (Lipinski definition) is 2. The fourth-order valence-electron chi connectivity index (χ4n) is 1.35. The molecular weight excluding hydrogens is 234 g/mol. The summed E-state index contributed by atoms with van der Waals surface area (Å²) in [6.45, 7) is -0.0689. The molecule has 92 valence electrons. The number of ether oxygens (including phenoxy) is 1. The highest BCUT2D eigenvalue weighted by atomic mass is 16.5. The molecule has 1 aromatic heterocycles. The van der Waals surface area contributed by atoms with Crippen LogP contribution in [0.15, 0.2) is 42.6 Å². The smallest absolute Gasteiger partial charge is 0.335 e. The van der Waals surface area contributed by atoms with Gasteiger partial charge >= 0.3 is 5.97 Å². The molecule has 0 fully saturated rings. The lowest BCUT2D eigenvalue weighted by atomic mass is 10.2. The van der Waals surface area contributed by atoms with Crippen LogP contribution in [0.3, 0.4) is 0 Å². The molecule has 0 saturated heterocycles. The fraction of sp³-hybridized carbons (Fsp3) is 0.0769. The van der Waals surface area contributed by atoms with Crippen molar-refractivity contribution in [3.8, 4) is 11.6 Å². The number of carbonyl (C=O) groups is 1. The summed E-state index contributed by atoms with van der Waals surface area (Å²) < 4.78 is 5.43. The zero-order valence-electron chi connectivity index (χ0n) is 9.41. The van der Waals surface area contributed by atoms with Crippen molar-refractivity contribution >= 4 is 5.97 Å². The van der Waals surface area contributed by atoms with E-state index in [1.807, 2.05) is 0 Å². The second-order valence-electron chi connectivity index (χ2n) is 3.59. The molecule has 0 unspecified atom stereocenters. The van der Waals surface area contributed by atoms with Crippen molar-refractivity contribution in [1.29, 1.82) is 0 Å². The minimum Gasteiger partial charge on any atom is -0.478 e. The lowest BCUT2D eigenvalue weighted by Gasteiger charge is -2.05. The van der Waals surface area contributed by atoms with Gasteiger partial charge in [0.25, 0.3) is 0 Å². The second kappa shape index (κ2) is 5.29. The minimum absolute atomic E-state index is 0.0689. The Morgan fingerprint density at radius 2 is 1.89 bits per heavy atom. The van der Waals surface area contributed by atoms with Gasteiger partial charge in [-0.1, -0.05) is 0 Å². The van der Waals surface area contributed by atoms with Crippen LogP contribution in [0.5, 0.6) is 11.6 Å². The topological polar surface area (TPSA) is 79.7 Å². The van der Waals surface area contributed by atoms with E-state index in [9.17, 15) is 4.79 Å². The summed E-state index contributed by atoms with van der Waals surface area (Å²) in [5.74, 6) is -0.0912. The van der Waals surface area contributed by atoms with Crippen molar-refractivity contribution in [2.45, 2.75) is 6.61 Å². The Morgan fingerprint density at radius 1 is 1.17 bits per heavy atom. The zero-order chi connectivity index (χ0) is 13.0. The van der Waals surface area contributed by atoms with Crippen molar-refractivity contribution < 1.29 is 19.7 Å². The van der Waals surface area contributed by atoms with E-state index in [-0.39, 0.29) is 12.2 Å². The standard InChI is InChI=1S/C13H11NO4/c15-8-9-1-6-12(14-7-9)18-11-4-2-10(3-5-11)13(16)17/h1-7,15H,8H2,(H,16,17). The number of aliphatic hydroxyl groups is 1. The Kier molecular flexibility index (Phi) is 3.54. The van der Waals surface area contributed by atoms with Crippen LogP contribution in [0.1, 0.15) is 15.9 Å². The van der Waals surface area contributed by atoms with E-state index in [1.54, 1.807) is 24.3 Å². The quantitative estimate of drug-likeness (QED) is 0.861. The van der Waals surface area contributed by atoms with Gasteiger partial charge < -0.3 is 14.9 Å². The Balaban J connectivity index is 2.10. The van der Waals surface area contributed by atoms with Gasteiger partial charge in [-0.25, -0.2) is 9.78 Å². The summed E-state index contributed by atoms with van der Waals surface area (Å²) in [6.07, 6.45) is 1.51. The molecule has 1 aromatic carbocycles. The first-order chi connectivity index (χ1) is 8.69. The first kappa shape index (κ1) is 12.1. The van der Waals surface area contributed by atoms with E-state index in [0.717, 1.165) is 0 Å². The molecule has 0 bridgehead atoms. The molecule has 0 spiro atoms. The number of pyridine rings is 1. The molecule has 0 amide bonds. The number of carboxylic acid groups (broad SMARTS) is 1. The summed E-state index contributed by atoms with van der Waals surface area (Å²) in [5.41, 5.74) is 0.898. The predicted molar refractivity (Wildman–Crippen MR) is 63.6 cm³/mol. The van der Waals surface area contributed by atoms with Crippen molar-refractivity contribution in [3.63, 3.8) is 0 Å². The average molecular weight is 245 g/mol. The maximum Gasteiger partial charge on any atom is 0.335 e. The van der Waals surface area contributed by atoms with Crippen molar-refractivity contribution in [2.75, 3.05) is 0 Å². The first-order valence-electron chi connectivity index (χ1n) is 5.26. The number of benzene rings is 1. The van der Waals surface area contributed by atoms with Crippen LogP contribution >= 0.6 is 0 Å². The van der Waals surface area contributed by atoms with Gasteiger partial charge in [0.1, 0.15) is 5.75 Å². The lowest BCUT2D eigenvalue weighted by Crippen LogP contribution is -1.95. The third-order valence-corrected chi connectivity index (χ3v) is 2.30. The monoisotopic (exact) mass is 245 g/mol. The number of aromatic carboxylic acids is 1. The van der Waals surface area contributed by atoms with Crippen molar-refractivity contribution in [3.05, 3.63) is 53.7 Å². The predicted octanol–water partition coefficient (Wildman–Crippen LogP) is 2.06. The van der Waals surface area contributed by atoms with Crippen LogP contribution in [0.2, 0.25) is 0 Å². The molecule has 5 nitrogen and oxygen atoms in total. The van der Waals surface area contributed by atoms with Gasteiger partial charge in [0.15, 0.2) is 0 Å². The van der Waals surface area contributed by atoms with Gasteiger partial charge in [-0.05, 0) is 35.9 Å². The Labute approximate surface area is 103 Å². The van der Waals surface area contributed by atoms with E-state index in [1.165, 1.54) is 18.3 Å². The van der Waals surface area contributed by atoms with Crippen LogP contribution in [0.4, 0.5) is 0 Å². The number of aromatic nitrogens is 1. The molecule has 1 heterocycles. The lowest BCUT2D eigenvalue weighted by molar-refractivity contribution is 0.0697. The highest BCUT2D eigenvalue weighted by molar-refractivity contribution is 5.87. The Hall–Kier alpha value is -2.40. The van der Waals surface area contributed by atoms with E-state index in [0.29, 0.717) is 17.2 Å². The third-order valence-electron chi connectivity index (χ3n) is 2.30. The summed E-state index contributed by atoms with van der Waals surface area (Å²) in [7, 11) is 0. The summed E-state index contributed by atoms with van der Waals surface area (Å²) in [5, 5.41) is 17.6. The van der Waals surface area contributed by atoms with E-state index < -0.39 is 5.97 Å². The maximum atomic E-state index is 10.7. The molecule has 2 N–H and O–H groups in total. The van der Waals surface area contributed by atoms with Crippen LogP contribution in [0, 0.1) is 0 Å². The van der Waals surface area contributed by atoms with Gasteiger partial charge in [0.2, 0.25) is 5.88 Å². The zero-order valence-corrected chi connectivity index (χ0v) is 9.41. The van der Waals surface area contributed by atoms with E-state index in [2.05, 4.69) is 4.98 Å². The summed E-state index contributed by atoms with van der Waals surface area (Å²) >= 11 is 0. The Morgan fingerprint density at radius 3 is 2.39 bits per heavy atom. The van der Waals surface area contributed by atoms with Gasteiger partial charge in [0.05, 0.1) is 12.2 Å². The molecule has 0 saturated carbocycles. The summed E-state index contributed by atoms with van der Waals surface area (Å²) in [6, 6.07) is 9.38. The van der Waals surface area contributed by atoms with E-state index >= 15 is 0 Å². The molecule has 2 aromatic rings. The molecule has 0 aliphatic rings. The van der Waals surface area contributed by atoms with Crippen LogP contribution in [0.25, 0.3) is 0 Å². The normalized spacial score (nSPS) is 10.1. The second-order valence-corrected chi connectivity index (χ2v) is 3.59. The first-order valence-corrected chi connectivity index (χ1v) is 5.26. The molecule has 2 rings (SSSR count). The molecular formula is C13H11NO4. The van der Waals surface area contributed by atoms with Crippen molar-refractivity contribution in [1.82, 2.24) is 4.98 Å². The van der Waals surface area contributed by atoms with Gasteiger partial charge in [-0.3, -0.25) is 0 Å². The average Bonchev–Trinajstić information content (AvgIpc) is 2.40. The maximum absolute atomic E-state index is 10.7. The molecule has 0 atom stereocenters. The van der Waals surface area contributed by atoms with Gasteiger partial charge in [-0.15, -0.1) is 0 Å². The highest BCUT2D eigenvalue weighted by Crippen LogP contribution is 2.19. The van der Waals surface area contributed by atoms with Crippen LogP contribution < -0.4 is 4.74 Å². The number of aliphatic hydroxyl groups excluding tert-OH is 1. The molecule has 18 heavy (non-hydrogen) atoms. The Bertz CT molecular complexity index is 534. The number of hydrogen-bond acceptors (Lipinski definition) is 4. The molecule has 0 radical (unpaired) electrons. The SMILES string of the molecule is O=C(O)c1ccc(Oc2ccc(CO)cn2)cc1. The van der Waals surface area contributed by atoms with Crippen molar-refractivity contribution in [2.24, 2.45) is 0 Å². The highest BCUT2D eigenvalue weighted by Gasteiger charge is 2.03. The van der Waals surface area contributed by atoms with E-state index in [4.69, 9.17) is 14.9 Å². The van der Waals surface area contributed by atoms with Crippen LogP contribution in [-0.4, -0.2) is 21.2 Å². The molecule has 0 aliphatic carbocycles. The van der Waals surface area contributed by atoms with Crippen LogP contribution in [-0.2, 0) is 6.61 Å². The molecule has 0 aliphatic heterocycles. The fourth-order valence-corrected chi connectivity index (χ4v) is 1.35. The third kappa shape index (κ3) is 2.83. The minimum atomic E-state index is -0.980. The van der Waals surface area contributed by atoms with Gasteiger partial charge in [0, 0.05) is 12.3 Å². The summed E-state index contributed by atoms with van der Waals surface area (Å²) in [4.78, 5) is 14.7. The number of rotatable bonds is 4.